The highest BCUT2D eigenvalue weighted by Gasteiger charge is 2.20. The molecule has 3 heteroatoms. The molecule has 2 aromatic rings. The van der Waals surface area contributed by atoms with Crippen LogP contribution in [0.1, 0.15) is 43.4 Å². The first-order chi connectivity index (χ1) is 11.8. The fourth-order valence-corrected chi connectivity index (χ4v) is 2.52. The lowest BCUT2D eigenvalue weighted by molar-refractivity contribution is -0.120. The number of carbonyl (C=O) groups excluding carboxylic acids is 2. The SMILES string of the molecule is CC.O=CCCC(=O)N1Cc2ccccc2C#Cc2ccccc21. The maximum Gasteiger partial charge on any atom is 0.227 e. The lowest BCUT2D eigenvalue weighted by atomic mass is 10.0. The maximum absolute atomic E-state index is 12.5. The number of hydrogen-bond donors (Lipinski definition) is 0. The average Bonchev–Trinajstić information content (AvgIpc) is 2.63. The van der Waals surface area contributed by atoms with Crippen LogP contribution in [0, 0.1) is 11.8 Å². The fourth-order valence-electron chi connectivity index (χ4n) is 2.52. The fraction of sp³-hybridized carbons (Fsp3) is 0.238. The van der Waals surface area contributed by atoms with Gasteiger partial charge in [-0.1, -0.05) is 56.0 Å². The number of hydrogen-bond acceptors (Lipinski definition) is 2. The minimum absolute atomic E-state index is 0.0574. The predicted octanol–water partition coefficient (Wildman–Crippen LogP) is 3.94. The van der Waals surface area contributed by atoms with Gasteiger partial charge in [0.2, 0.25) is 5.91 Å². The van der Waals surface area contributed by atoms with E-state index in [2.05, 4.69) is 11.8 Å². The zero-order valence-electron chi connectivity index (χ0n) is 14.1. The summed E-state index contributed by atoms with van der Waals surface area (Å²) in [4.78, 5) is 24.8. The number of para-hydroxylation sites is 1. The van der Waals surface area contributed by atoms with Crippen LogP contribution in [0.4, 0.5) is 5.69 Å². The number of carbonyl (C=O) groups is 2. The van der Waals surface area contributed by atoms with Gasteiger partial charge in [0, 0.05) is 24.0 Å². The van der Waals surface area contributed by atoms with Crippen LogP contribution in [0.5, 0.6) is 0 Å². The molecule has 0 unspecified atom stereocenters. The molecular weight excluding hydrogens is 298 g/mol. The molecule has 0 bridgehead atoms. The van der Waals surface area contributed by atoms with Gasteiger partial charge in [-0.3, -0.25) is 4.79 Å². The number of amides is 1. The Bertz CT molecular complexity index is 784. The number of aldehydes is 1. The molecule has 1 heterocycles. The van der Waals surface area contributed by atoms with Crippen molar-refractivity contribution in [3.05, 3.63) is 65.2 Å². The molecule has 3 rings (SSSR count). The van der Waals surface area contributed by atoms with E-state index < -0.39 is 0 Å². The molecule has 2 aromatic carbocycles. The molecular formula is C21H21NO2. The first kappa shape index (κ1) is 17.5. The van der Waals surface area contributed by atoms with Gasteiger partial charge in [0.05, 0.1) is 12.2 Å². The van der Waals surface area contributed by atoms with E-state index in [0.29, 0.717) is 6.54 Å². The lowest BCUT2D eigenvalue weighted by Gasteiger charge is -2.25. The number of anilines is 1. The Labute approximate surface area is 143 Å². The van der Waals surface area contributed by atoms with E-state index in [4.69, 9.17) is 0 Å². The van der Waals surface area contributed by atoms with Gasteiger partial charge in [0.15, 0.2) is 0 Å². The molecule has 0 fully saturated rings. The van der Waals surface area contributed by atoms with Crippen LogP contribution in [-0.2, 0) is 16.1 Å². The Morgan fingerprint density at radius 3 is 2.42 bits per heavy atom. The first-order valence-corrected chi connectivity index (χ1v) is 8.22. The second-order valence-electron chi connectivity index (χ2n) is 5.11. The Hall–Kier alpha value is -2.86. The minimum Gasteiger partial charge on any atom is -0.307 e. The van der Waals surface area contributed by atoms with E-state index in [-0.39, 0.29) is 18.7 Å². The largest absolute Gasteiger partial charge is 0.307 e. The van der Waals surface area contributed by atoms with Crippen LogP contribution >= 0.6 is 0 Å². The van der Waals surface area contributed by atoms with Gasteiger partial charge in [-0.05, 0) is 23.8 Å². The van der Waals surface area contributed by atoms with Gasteiger partial charge in [0.25, 0.3) is 0 Å². The van der Waals surface area contributed by atoms with Crippen LogP contribution in [0.15, 0.2) is 48.5 Å². The normalized spacial score (nSPS) is 11.3. The summed E-state index contributed by atoms with van der Waals surface area (Å²) in [7, 11) is 0. The van der Waals surface area contributed by atoms with Gasteiger partial charge in [-0.2, -0.15) is 0 Å². The molecule has 0 aliphatic carbocycles. The third-order valence-corrected chi connectivity index (χ3v) is 3.65. The summed E-state index contributed by atoms with van der Waals surface area (Å²) in [5, 5.41) is 0. The zero-order valence-corrected chi connectivity index (χ0v) is 14.1. The zero-order chi connectivity index (χ0) is 17.4. The van der Waals surface area contributed by atoms with Gasteiger partial charge in [-0.25, -0.2) is 0 Å². The van der Waals surface area contributed by atoms with E-state index in [1.54, 1.807) is 4.90 Å². The van der Waals surface area contributed by atoms with Crippen molar-refractivity contribution in [2.75, 3.05) is 4.90 Å². The van der Waals surface area contributed by atoms with Gasteiger partial charge in [0.1, 0.15) is 6.29 Å². The van der Waals surface area contributed by atoms with Crippen molar-refractivity contribution < 1.29 is 9.59 Å². The summed E-state index contributed by atoms with van der Waals surface area (Å²) in [6, 6.07) is 15.5. The van der Waals surface area contributed by atoms with Crippen LogP contribution < -0.4 is 4.90 Å². The Kier molecular flexibility index (Phi) is 6.33. The minimum atomic E-state index is -0.0574. The Morgan fingerprint density at radius 2 is 1.67 bits per heavy atom. The summed E-state index contributed by atoms with van der Waals surface area (Å²) in [5.41, 5.74) is 3.59. The van der Waals surface area contributed by atoms with Crippen LogP contribution in [0.2, 0.25) is 0 Å². The summed E-state index contributed by atoms with van der Waals surface area (Å²) in [6.45, 7) is 4.47. The van der Waals surface area contributed by atoms with E-state index in [1.165, 1.54) is 0 Å². The van der Waals surface area contributed by atoms with Crippen LogP contribution in [0.3, 0.4) is 0 Å². The number of benzene rings is 2. The van der Waals surface area contributed by atoms with Gasteiger partial charge < -0.3 is 9.69 Å². The third-order valence-electron chi connectivity index (χ3n) is 3.65. The monoisotopic (exact) mass is 319 g/mol. The van der Waals surface area contributed by atoms with Crippen molar-refractivity contribution in [1.82, 2.24) is 0 Å². The highest BCUT2D eigenvalue weighted by atomic mass is 16.2. The summed E-state index contributed by atoms with van der Waals surface area (Å²) in [5.74, 6) is 6.27. The molecule has 122 valence electrons. The summed E-state index contributed by atoms with van der Waals surface area (Å²) >= 11 is 0. The van der Waals surface area contributed by atoms with Crippen LogP contribution in [-0.4, -0.2) is 12.2 Å². The summed E-state index contributed by atoms with van der Waals surface area (Å²) in [6.07, 6.45) is 1.24. The molecule has 0 spiro atoms. The highest BCUT2D eigenvalue weighted by Crippen LogP contribution is 2.25. The van der Waals surface area contributed by atoms with E-state index in [0.717, 1.165) is 28.7 Å². The smallest absolute Gasteiger partial charge is 0.227 e. The van der Waals surface area contributed by atoms with E-state index in [9.17, 15) is 9.59 Å². The molecule has 1 amide bonds. The average molecular weight is 319 g/mol. The second-order valence-corrected chi connectivity index (χ2v) is 5.11. The number of rotatable bonds is 3. The molecule has 24 heavy (non-hydrogen) atoms. The summed E-state index contributed by atoms with van der Waals surface area (Å²) < 4.78 is 0. The molecule has 0 atom stereocenters. The Balaban J connectivity index is 0.00000100. The van der Waals surface area contributed by atoms with Gasteiger partial charge in [-0.15, -0.1) is 0 Å². The first-order valence-electron chi connectivity index (χ1n) is 8.22. The number of fused-ring (bicyclic) bond motifs is 2. The molecule has 0 N–H and O–H groups in total. The highest BCUT2D eigenvalue weighted by molar-refractivity contribution is 5.95. The van der Waals surface area contributed by atoms with E-state index >= 15 is 0 Å². The quantitative estimate of drug-likeness (QED) is 0.635. The molecule has 1 aliphatic heterocycles. The van der Waals surface area contributed by atoms with Crippen LogP contribution in [0.25, 0.3) is 0 Å². The van der Waals surface area contributed by atoms with Gasteiger partial charge >= 0.3 is 0 Å². The third kappa shape index (κ3) is 3.91. The number of nitrogens with zero attached hydrogens (tertiary/aromatic N) is 1. The van der Waals surface area contributed by atoms with Crippen molar-refractivity contribution in [3.63, 3.8) is 0 Å². The maximum atomic E-state index is 12.5. The molecule has 3 nitrogen and oxygen atoms in total. The molecule has 0 saturated heterocycles. The molecule has 0 aromatic heterocycles. The van der Waals surface area contributed by atoms with Crippen molar-refractivity contribution in [1.29, 1.82) is 0 Å². The second kappa shape index (κ2) is 8.69. The van der Waals surface area contributed by atoms with E-state index in [1.807, 2.05) is 62.4 Å². The molecule has 0 saturated carbocycles. The van der Waals surface area contributed by atoms with Crippen molar-refractivity contribution in [2.24, 2.45) is 0 Å². The molecule has 1 aliphatic rings. The van der Waals surface area contributed by atoms with Crippen molar-refractivity contribution in [3.8, 4) is 11.8 Å². The standard InChI is InChI=1S/C19H15NO2.C2H6/c21-13-5-10-19(22)20-14-17-8-2-1-6-15(17)11-12-16-7-3-4-9-18(16)20;1-2/h1-4,6-9,13H,5,10,14H2;1-2H3. The Morgan fingerprint density at radius 1 is 1.04 bits per heavy atom. The topological polar surface area (TPSA) is 37.4 Å². The molecule has 0 radical (unpaired) electrons. The predicted molar refractivity (Wildman–Crippen MR) is 96.7 cm³/mol. The van der Waals surface area contributed by atoms with Crippen molar-refractivity contribution >= 4 is 17.9 Å². The lowest BCUT2D eigenvalue weighted by Crippen LogP contribution is -2.31. The van der Waals surface area contributed by atoms with Crippen molar-refractivity contribution in [2.45, 2.75) is 33.2 Å².